The van der Waals surface area contributed by atoms with Gasteiger partial charge in [-0.25, -0.2) is 0 Å². The largest absolute Gasteiger partial charge is 0.493 e. The van der Waals surface area contributed by atoms with E-state index in [0.29, 0.717) is 23.7 Å². The van der Waals surface area contributed by atoms with Gasteiger partial charge in [0.05, 0.1) is 20.3 Å². The van der Waals surface area contributed by atoms with Crippen molar-refractivity contribution in [1.29, 1.82) is 0 Å². The molecule has 3 rings (SSSR count). The summed E-state index contributed by atoms with van der Waals surface area (Å²) in [7, 11) is 3.19. The summed E-state index contributed by atoms with van der Waals surface area (Å²) in [6, 6.07) is 19.3. The molecule has 0 aliphatic heterocycles. The van der Waals surface area contributed by atoms with Crippen molar-refractivity contribution in [1.82, 2.24) is 5.32 Å². The van der Waals surface area contributed by atoms with Gasteiger partial charge in [-0.15, -0.1) is 0 Å². The van der Waals surface area contributed by atoms with Crippen molar-refractivity contribution < 1.29 is 19.0 Å². The van der Waals surface area contributed by atoms with Crippen LogP contribution in [0.1, 0.15) is 31.9 Å². The third kappa shape index (κ3) is 4.62. The smallest absolute Gasteiger partial charge is 0.261 e. The molecular weight excluding hydrogens is 366 g/mol. The Morgan fingerprint density at radius 3 is 2.38 bits per heavy atom. The van der Waals surface area contributed by atoms with E-state index in [2.05, 4.69) is 5.32 Å². The fourth-order valence-corrected chi connectivity index (χ4v) is 3.29. The normalized spacial score (nSPS) is 12.8. The summed E-state index contributed by atoms with van der Waals surface area (Å²) in [4.78, 5) is 12.9. The SMILES string of the molecule is CC[C@@H](Oc1cccc2ccccc12)C(=O)N[C@H](C)c1ccc(OC)c(OC)c1. The van der Waals surface area contributed by atoms with E-state index in [1.807, 2.05) is 74.5 Å². The second-order valence-electron chi connectivity index (χ2n) is 6.84. The Balaban J connectivity index is 1.74. The Labute approximate surface area is 171 Å². The van der Waals surface area contributed by atoms with E-state index in [1.165, 1.54) is 0 Å². The van der Waals surface area contributed by atoms with Crippen LogP contribution in [0.15, 0.2) is 60.7 Å². The minimum absolute atomic E-state index is 0.150. The number of nitrogens with one attached hydrogen (secondary N) is 1. The minimum atomic E-state index is -0.580. The third-order valence-electron chi connectivity index (χ3n) is 4.95. The molecule has 0 aromatic heterocycles. The van der Waals surface area contributed by atoms with Gasteiger partial charge in [0.2, 0.25) is 0 Å². The zero-order valence-electron chi connectivity index (χ0n) is 17.3. The fraction of sp³-hybridized carbons (Fsp3) is 0.292. The lowest BCUT2D eigenvalue weighted by Crippen LogP contribution is -2.39. The molecule has 5 nitrogen and oxygen atoms in total. The molecule has 1 amide bonds. The highest BCUT2D eigenvalue weighted by molar-refractivity contribution is 5.89. The van der Waals surface area contributed by atoms with Crippen molar-refractivity contribution in [3.63, 3.8) is 0 Å². The molecule has 0 heterocycles. The van der Waals surface area contributed by atoms with Crippen LogP contribution in [0.2, 0.25) is 0 Å². The fourth-order valence-electron chi connectivity index (χ4n) is 3.29. The van der Waals surface area contributed by atoms with Crippen molar-refractivity contribution in [2.45, 2.75) is 32.4 Å². The number of rotatable bonds is 8. The zero-order valence-corrected chi connectivity index (χ0v) is 17.3. The van der Waals surface area contributed by atoms with Gasteiger partial charge >= 0.3 is 0 Å². The summed E-state index contributed by atoms with van der Waals surface area (Å²) in [6.07, 6.45) is -0.0170. The van der Waals surface area contributed by atoms with Gasteiger partial charge in [-0.05, 0) is 42.5 Å². The number of amides is 1. The minimum Gasteiger partial charge on any atom is -0.493 e. The summed E-state index contributed by atoms with van der Waals surface area (Å²) in [5.41, 5.74) is 0.927. The van der Waals surface area contributed by atoms with Crippen LogP contribution in [0.25, 0.3) is 10.8 Å². The van der Waals surface area contributed by atoms with E-state index < -0.39 is 6.10 Å². The number of carbonyl (C=O) groups is 1. The predicted octanol–water partition coefficient (Wildman–Crippen LogP) is 4.89. The Morgan fingerprint density at radius 2 is 1.66 bits per heavy atom. The molecule has 0 saturated heterocycles. The van der Waals surface area contributed by atoms with Gasteiger partial charge in [0, 0.05) is 5.39 Å². The Hall–Kier alpha value is -3.21. The summed E-state index contributed by atoms with van der Waals surface area (Å²) in [5, 5.41) is 5.12. The summed E-state index contributed by atoms with van der Waals surface area (Å²) < 4.78 is 16.7. The summed E-state index contributed by atoms with van der Waals surface area (Å²) in [5.74, 6) is 1.84. The Morgan fingerprint density at radius 1 is 0.931 bits per heavy atom. The molecular formula is C24H27NO4. The number of hydrogen-bond acceptors (Lipinski definition) is 4. The number of fused-ring (bicyclic) bond motifs is 1. The maximum Gasteiger partial charge on any atom is 0.261 e. The van der Waals surface area contributed by atoms with Crippen molar-refractivity contribution in [2.75, 3.05) is 14.2 Å². The molecule has 0 spiro atoms. The van der Waals surface area contributed by atoms with Crippen LogP contribution in [0, 0.1) is 0 Å². The number of carbonyl (C=O) groups excluding carboxylic acids is 1. The summed E-state index contributed by atoms with van der Waals surface area (Å²) in [6.45, 7) is 3.88. The van der Waals surface area contributed by atoms with Crippen LogP contribution in [0.3, 0.4) is 0 Å². The highest BCUT2D eigenvalue weighted by atomic mass is 16.5. The molecule has 0 fully saturated rings. The molecule has 0 aliphatic carbocycles. The van der Waals surface area contributed by atoms with Gasteiger partial charge < -0.3 is 19.5 Å². The van der Waals surface area contributed by atoms with Gasteiger partial charge in [-0.3, -0.25) is 4.79 Å². The number of ether oxygens (including phenoxy) is 3. The first-order valence-corrected chi connectivity index (χ1v) is 9.74. The maximum absolute atomic E-state index is 12.9. The quantitative estimate of drug-likeness (QED) is 0.592. The number of benzene rings is 3. The molecule has 0 bridgehead atoms. The molecule has 5 heteroatoms. The van der Waals surface area contributed by atoms with Crippen LogP contribution in [0.4, 0.5) is 0 Å². The van der Waals surface area contributed by atoms with E-state index in [-0.39, 0.29) is 11.9 Å². The van der Waals surface area contributed by atoms with E-state index in [1.54, 1.807) is 14.2 Å². The highest BCUT2D eigenvalue weighted by Gasteiger charge is 2.22. The predicted molar refractivity (Wildman–Crippen MR) is 115 cm³/mol. The third-order valence-corrected chi connectivity index (χ3v) is 4.95. The number of hydrogen-bond donors (Lipinski definition) is 1. The molecule has 0 saturated carbocycles. The molecule has 0 aliphatic rings. The lowest BCUT2D eigenvalue weighted by atomic mass is 10.1. The first kappa shape index (κ1) is 20.5. The lowest BCUT2D eigenvalue weighted by Gasteiger charge is -2.22. The van der Waals surface area contributed by atoms with Gasteiger partial charge in [-0.1, -0.05) is 49.4 Å². The highest BCUT2D eigenvalue weighted by Crippen LogP contribution is 2.30. The first-order chi connectivity index (χ1) is 14.1. The molecule has 3 aromatic rings. The van der Waals surface area contributed by atoms with E-state index in [0.717, 1.165) is 16.3 Å². The van der Waals surface area contributed by atoms with Crippen LogP contribution in [-0.4, -0.2) is 26.2 Å². The average molecular weight is 393 g/mol. The molecule has 1 N–H and O–H groups in total. The molecule has 2 atom stereocenters. The van der Waals surface area contributed by atoms with Gasteiger partial charge in [0.25, 0.3) is 5.91 Å². The topological polar surface area (TPSA) is 56.8 Å². The van der Waals surface area contributed by atoms with Crippen LogP contribution in [-0.2, 0) is 4.79 Å². The van der Waals surface area contributed by atoms with E-state index in [9.17, 15) is 4.79 Å². The number of methoxy groups -OCH3 is 2. The van der Waals surface area contributed by atoms with E-state index >= 15 is 0 Å². The Bertz CT molecular complexity index is 980. The van der Waals surface area contributed by atoms with Crippen LogP contribution >= 0.6 is 0 Å². The van der Waals surface area contributed by atoms with Crippen molar-refractivity contribution >= 4 is 16.7 Å². The standard InChI is InChI=1S/C24H27NO4/c1-5-20(29-21-12-8-10-17-9-6-7-11-19(17)21)24(26)25-16(2)18-13-14-22(27-3)23(15-18)28-4/h6-16,20H,5H2,1-4H3,(H,25,26)/t16-,20-/m1/s1. The second kappa shape index (κ2) is 9.32. The molecule has 0 unspecified atom stereocenters. The van der Waals surface area contributed by atoms with E-state index in [4.69, 9.17) is 14.2 Å². The monoisotopic (exact) mass is 393 g/mol. The van der Waals surface area contributed by atoms with Crippen molar-refractivity contribution in [2.24, 2.45) is 0 Å². The molecule has 3 aromatic carbocycles. The van der Waals surface area contributed by atoms with Gasteiger partial charge in [0.1, 0.15) is 5.75 Å². The van der Waals surface area contributed by atoms with Crippen molar-refractivity contribution in [3.8, 4) is 17.2 Å². The Kier molecular flexibility index (Phi) is 6.60. The molecule has 152 valence electrons. The average Bonchev–Trinajstić information content (AvgIpc) is 2.76. The van der Waals surface area contributed by atoms with Gasteiger partial charge in [0.15, 0.2) is 17.6 Å². The van der Waals surface area contributed by atoms with Crippen LogP contribution < -0.4 is 19.5 Å². The molecule has 0 radical (unpaired) electrons. The molecule has 29 heavy (non-hydrogen) atoms. The first-order valence-electron chi connectivity index (χ1n) is 9.74. The maximum atomic E-state index is 12.9. The summed E-state index contributed by atoms with van der Waals surface area (Å²) >= 11 is 0. The zero-order chi connectivity index (χ0) is 20.8. The van der Waals surface area contributed by atoms with Gasteiger partial charge in [-0.2, -0.15) is 0 Å². The lowest BCUT2D eigenvalue weighted by molar-refractivity contribution is -0.128. The van der Waals surface area contributed by atoms with Crippen molar-refractivity contribution in [3.05, 3.63) is 66.2 Å². The second-order valence-corrected chi connectivity index (χ2v) is 6.84. The van der Waals surface area contributed by atoms with Crippen LogP contribution in [0.5, 0.6) is 17.2 Å².